The zero-order valence-electron chi connectivity index (χ0n) is 14.2. The lowest BCUT2D eigenvalue weighted by atomic mass is 9.99. The molecule has 2 N–H and O–H groups in total. The number of hydrogen-bond donors (Lipinski definition) is 2. The summed E-state index contributed by atoms with van der Waals surface area (Å²) in [5.41, 5.74) is 2.50. The van der Waals surface area contributed by atoms with Gasteiger partial charge in [0.15, 0.2) is 5.52 Å². The molecule has 9 heteroatoms. The van der Waals surface area contributed by atoms with Crippen LogP contribution in [0.15, 0.2) is 65.3 Å². The van der Waals surface area contributed by atoms with Crippen LogP contribution >= 0.6 is 0 Å². The Hall–Kier alpha value is -4.27. The fraction of sp³-hybridized carbons (Fsp3) is 0. The van der Waals surface area contributed by atoms with E-state index in [0.717, 1.165) is 5.56 Å². The van der Waals surface area contributed by atoms with Gasteiger partial charge >= 0.3 is 11.7 Å². The summed E-state index contributed by atoms with van der Waals surface area (Å²) in [5.74, 6) is -1.04. The van der Waals surface area contributed by atoms with Gasteiger partial charge in [0.05, 0.1) is 16.2 Å². The number of aromatic nitrogens is 2. The molecule has 0 aliphatic rings. The Kier molecular flexibility index (Phi) is 4.17. The van der Waals surface area contributed by atoms with Gasteiger partial charge in [-0.15, -0.1) is 0 Å². The van der Waals surface area contributed by atoms with Crippen LogP contribution in [0.4, 0.5) is 17.1 Å². The maximum absolute atomic E-state index is 11.6. The summed E-state index contributed by atoms with van der Waals surface area (Å²) in [6, 6.07) is 16.7. The van der Waals surface area contributed by atoms with Crippen molar-refractivity contribution in [3.8, 4) is 11.1 Å². The van der Waals surface area contributed by atoms with Crippen LogP contribution < -0.4 is 5.32 Å². The molecule has 0 bridgehead atoms. The number of nitro groups is 1. The van der Waals surface area contributed by atoms with Crippen molar-refractivity contribution < 1.29 is 19.5 Å². The van der Waals surface area contributed by atoms with Crippen molar-refractivity contribution >= 4 is 34.1 Å². The summed E-state index contributed by atoms with van der Waals surface area (Å²) in [4.78, 5) is 22.1. The Morgan fingerprint density at radius 2 is 1.79 bits per heavy atom. The smallest absolute Gasteiger partial charge is 0.336 e. The van der Waals surface area contributed by atoms with E-state index in [2.05, 4.69) is 20.3 Å². The lowest BCUT2D eigenvalue weighted by Gasteiger charge is -2.11. The first-order valence-corrected chi connectivity index (χ1v) is 8.14. The number of non-ortho nitro benzene ring substituents is 1. The van der Waals surface area contributed by atoms with Gasteiger partial charge in [0.2, 0.25) is 5.52 Å². The fourth-order valence-corrected chi connectivity index (χ4v) is 2.92. The van der Waals surface area contributed by atoms with E-state index in [9.17, 15) is 20.0 Å². The quantitative estimate of drug-likeness (QED) is 0.390. The number of hydrogen-bond acceptors (Lipinski definition) is 7. The highest BCUT2D eigenvalue weighted by atomic mass is 16.6. The Labute approximate surface area is 157 Å². The first-order valence-electron chi connectivity index (χ1n) is 8.14. The number of nitro benzene ring substituents is 1. The molecule has 0 unspecified atom stereocenters. The maximum atomic E-state index is 11.6. The number of anilines is 2. The third-order valence-electron chi connectivity index (χ3n) is 4.20. The molecule has 138 valence electrons. The van der Waals surface area contributed by atoms with E-state index in [1.165, 1.54) is 18.2 Å². The number of aromatic carboxylic acids is 1. The van der Waals surface area contributed by atoms with E-state index in [1.54, 1.807) is 12.1 Å². The largest absolute Gasteiger partial charge is 0.478 e. The van der Waals surface area contributed by atoms with Gasteiger partial charge in [-0.05, 0) is 45.7 Å². The maximum Gasteiger partial charge on any atom is 0.336 e. The van der Waals surface area contributed by atoms with E-state index < -0.39 is 10.9 Å². The third-order valence-corrected chi connectivity index (χ3v) is 4.20. The van der Waals surface area contributed by atoms with Crippen molar-refractivity contribution in [3.05, 3.63) is 76.3 Å². The summed E-state index contributed by atoms with van der Waals surface area (Å²) in [6.07, 6.45) is 0. The second-order valence-electron chi connectivity index (χ2n) is 5.91. The molecule has 3 aromatic carbocycles. The summed E-state index contributed by atoms with van der Waals surface area (Å²) in [5, 5.41) is 31.0. The lowest BCUT2D eigenvalue weighted by molar-refractivity contribution is -0.383. The van der Waals surface area contributed by atoms with Crippen LogP contribution in [-0.4, -0.2) is 26.3 Å². The van der Waals surface area contributed by atoms with E-state index in [4.69, 9.17) is 0 Å². The predicted molar refractivity (Wildman–Crippen MR) is 101 cm³/mol. The number of rotatable bonds is 5. The number of carbonyl (C=O) groups is 1. The van der Waals surface area contributed by atoms with Gasteiger partial charge in [0.1, 0.15) is 0 Å². The molecule has 0 atom stereocenters. The van der Waals surface area contributed by atoms with Crippen LogP contribution in [0.2, 0.25) is 0 Å². The highest BCUT2D eigenvalue weighted by molar-refractivity contribution is 5.98. The number of benzene rings is 3. The van der Waals surface area contributed by atoms with Crippen LogP contribution in [0.3, 0.4) is 0 Å². The number of fused-ring (bicyclic) bond motifs is 1. The molecule has 1 aromatic heterocycles. The van der Waals surface area contributed by atoms with Crippen molar-refractivity contribution in [1.82, 2.24) is 10.3 Å². The van der Waals surface area contributed by atoms with Crippen LogP contribution in [0, 0.1) is 10.1 Å². The molecule has 28 heavy (non-hydrogen) atoms. The molecule has 0 saturated heterocycles. The van der Waals surface area contributed by atoms with Gasteiger partial charge in [-0.3, -0.25) is 10.1 Å². The van der Waals surface area contributed by atoms with E-state index in [0.29, 0.717) is 16.9 Å². The molecule has 4 rings (SSSR count). The molecule has 0 aliphatic carbocycles. The van der Waals surface area contributed by atoms with E-state index in [-0.39, 0.29) is 22.3 Å². The number of nitrogens with one attached hydrogen (secondary N) is 1. The minimum atomic E-state index is -1.04. The Morgan fingerprint density at radius 3 is 2.50 bits per heavy atom. The molecular formula is C19H12N4O5. The second kappa shape index (κ2) is 6.80. The minimum absolute atomic E-state index is 0.0282. The monoisotopic (exact) mass is 376 g/mol. The van der Waals surface area contributed by atoms with Crippen LogP contribution in [0.25, 0.3) is 22.2 Å². The van der Waals surface area contributed by atoms with Gasteiger partial charge in [0.25, 0.3) is 0 Å². The first kappa shape index (κ1) is 17.2. The highest BCUT2D eigenvalue weighted by Gasteiger charge is 2.20. The number of nitrogens with zero attached hydrogens (tertiary/aromatic N) is 3. The van der Waals surface area contributed by atoms with Gasteiger partial charge in [-0.2, -0.15) is 0 Å². The summed E-state index contributed by atoms with van der Waals surface area (Å²) < 4.78 is 4.66. The topological polar surface area (TPSA) is 131 Å². The van der Waals surface area contributed by atoms with Crippen molar-refractivity contribution in [2.75, 3.05) is 5.32 Å². The van der Waals surface area contributed by atoms with Crippen molar-refractivity contribution in [1.29, 1.82) is 0 Å². The molecule has 0 amide bonds. The van der Waals surface area contributed by atoms with E-state index >= 15 is 0 Å². The molecule has 0 saturated carbocycles. The molecular weight excluding hydrogens is 364 g/mol. The highest BCUT2D eigenvalue weighted by Crippen LogP contribution is 2.33. The summed E-state index contributed by atoms with van der Waals surface area (Å²) in [6.45, 7) is 0. The summed E-state index contributed by atoms with van der Waals surface area (Å²) >= 11 is 0. The second-order valence-corrected chi connectivity index (χ2v) is 5.91. The average Bonchev–Trinajstić information content (AvgIpc) is 3.18. The predicted octanol–water partition coefficient (Wildman–Crippen LogP) is 4.24. The number of carboxylic acids is 1. The van der Waals surface area contributed by atoms with Gasteiger partial charge in [-0.1, -0.05) is 30.3 Å². The molecule has 4 aromatic rings. The Balaban J connectivity index is 1.78. The van der Waals surface area contributed by atoms with Crippen LogP contribution in [-0.2, 0) is 0 Å². The van der Waals surface area contributed by atoms with Gasteiger partial charge < -0.3 is 10.4 Å². The van der Waals surface area contributed by atoms with Gasteiger partial charge in [-0.25, -0.2) is 9.42 Å². The van der Waals surface area contributed by atoms with Crippen molar-refractivity contribution in [2.45, 2.75) is 0 Å². The Morgan fingerprint density at radius 1 is 1.04 bits per heavy atom. The Bertz CT molecular complexity index is 1200. The fourth-order valence-electron chi connectivity index (χ4n) is 2.92. The van der Waals surface area contributed by atoms with Crippen LogP contribution in [0.5, 0.6) is 0 Å². The standard InChI is InChI=1S/C19H12N4O5/c24-19(25)13-7-6-12(10-14(13)11-4-2-1-3-5-11)20-15-8-9-16(23(26)27)18-17(15)21-28-22-18/h1-10,20H,(H,24,25). The molecule has 0 radical (unpaired) electrons. The first-order chi connectivity index (χ1) is 13.5. The van der Waals surface area contributed by atoms with Crippen molar-refractivity contribution in [2.24, 2.45) is 0 Å². The van der Waals surface area contributed by atoms with E-state index in [1.807, 2.05) is 30.3 Å². The molecule has 1 heterocycles. The van der Waals surface area contributed by atoms with Crippen LogP contribution in [0.1, 0.15) is 10.4 Å². The average molecular weight is 376 g/mol. The minimum Gasteiger partial charge on any atom is -0.478 e. The zero-order chi connectivity index (χ0) is 19.7. The summed E-state index contributed by atoms with van der Waals surface area (Å²) in [7, 11) is 0. The normalized spacial score (nSPS) is 10.7. The van der Waals surface area contributed by atoms with Crippen molar-refractivity contribution in [3.63, 3.8) is 0 Å². The SMILES string of the molecule is O=C(O)c1ccc(Nc2ccc([N+](=O)[O-])c3nonc23)cc1-c1ccccc1. The molecule has 0 spiro atoms. The zero-order valence-corrected chi connectivity index (χ0v) is 14.2. The number of carboxylic acid groups (broad SMARTS) is 1. The lowest BCUT2D eigenvalue weighted by Crippen LogP contribution is -2.01. The van der Waals surface area contributed by atoms with Gasteiger partial charge in [0, 0.05) is 11.8 Å². The molecule has 0 aliphatic heterocycles. The molecule has 0 fully saturated rings. The molecule has 9 nitrogen and oxygen atoms in total. The third kappa shape index (κ3) is 3.01.